The molecule has 1 aliphatic rings. The first kappa shape index (κ1) is 44.3. The van der Waals surface area contributed by atoms with Crippen molar-refractivity contribution in [1.29, 1.82) is 0 Å². The number of carboxylic acids is 3. The molecule has 0 bridgehead atoms. The van der Waals surface area contributed by atoms with Crippen molar-refractivity contribution in [3.63, 3.8) is 0 Å². The van der Waals surface area contributed by atoms with Gasteiger partial charge in [0.05, 0.1) is 65.8 Å². The quantitative estimate of drug-likeness (QED) is 0.0680. The number of hydrogen-bond donors (Lipinski definition) is 4. The van der Waals surface area contributed by atoms with Crippen LogP contribution in [0.4, 0.5) is 0 Å². The molecule has 1 fully saturated rings. The van der Waals surface area contributed by atoms with Crippen molar-refractivity contribution in [3.8, 4) is 0 Å². The largest absolute Gasteiger partial charge is 0.480 e. The molecule has 0 atom stereocenters. The Hall–Kier alpha value is -2.70. The molecule has 0 aliphatic carbocycles. The van der Waals surface area contributed by atoms with Crippen LogP contribution >= 0.6 is 0 Å². The number of rotatable bonds is 26. The number of carbonyl (C=O) groups is 4. The molecule has 16 heteroatoms. The predicted octanol–water partition coefficient (Wildman–Crippen LogP) is -0.304. The minimum atomic E-state index is -0.955. The molecule has 284 valence electrons. The number of nitrogens with one attached hydrogen (secondary N) is 1. The third-order valence-corrected chi connectivity index (χ3v) is 8.01. The van der Waals surface area contributed by atoms with Crippen LogP contribution in [0.25, 0.3) is 0 Å². The maximum absolute atomic E-state index is 12.8. The van der Waals surface area contributed by atoms with Gasteiger partial charge in [-0.05, 0) is 19.4 Å². The van der Waals surface area contributed by atoms with Gasteiger partial charge < -0.3 is 34.8 Å². The predicted molar refractivity (Wildman–Crippen MR) is 185 cm³/mol. The topological polar surface area (TPSA) is 185 Å². The van der Waals surface area contributed by atoms with Crippen LogP contribution < -0.4 is 5.32 Å². The van der Waals surface area contributed by atoms with E-state index in [2.05, 4.69) is 23.7 Å². The highest BCUT2D eigenvalue weighted by Gasteiger charge is 2.20. The van der Waals surface area contributed by atoms with Crippen LogP contribution in [0.2, 0.25) is 0 Å². The Morgan fingerprint density at radius 3 is 1.53 bits per heavy atom. The summed E-state index contributed by atoms with van der Waals surface area (Å²) in [7, 11) is 0. The summed E-state index contributed by atoms with van der Waals surface area (Å²) < 4.78 is 16.6. The summed E-state index contributed by atoms with van der Waals surface area (Å²) in [5.41, 5.74) is 1.08. The second-order valence-electron chi connectivity index (χ2n) is 12.2. The lowest BCUT2D eigenvalue weighted by Gasteiger charge is -2.33. The summed E-state index contributed by atoms with van der Waals surface area (Å²) in [5, 5.41) is 30.7. The van der Waals surface area contributed by atoms with Crippen molar-refractivity contribution >= 4 is 23.8 Å². The molecule has 0 aromatic rings. The molecule has 16 nitrogen and oxygen atoms in total. The monoisotopic (exact) mass is 702 g/mol. The van der Waals surface area contributed by atoms with Crippen LogP contribution in [0, 0.1) is 0 Å². The van der Waals surface area contributed by atoms with E-state index in [9.17, 15) is 29.4 Å². The molecule has 0 aromatic carbocycles. The van der Waals surface area contributed by atoms with Gasteiger partial charge in [-0.15, -0.1) is 0 Å². The van der Waals surface area contributed by atoms with Crippen LogP contribution in [0.3, 0.4) is 0 Å². The second kappa shape index (κ2) is 28.0. The highest BCUT2D eigenvalue weighted by atomic mass is 16.5. The smallest absolute Gasteiger partial charge is 0.317 e. The van der Waals surface area contributed by atoms with E-state index in [1.54, 1.807) is 4.90 Å². The molecular formula is C33H62N6O10. The molecule has 0 aromatic heterocycles. The summed E-state index contributed by atoms with van der Waals surface area (Å²) in [5.74, 6) is -2.87. The Morgan fingerprint density at radius 1 is 0.633 bits per heavy atom. The van der Waals surface area contributed by atoms with Gasteiger partial charge >= 0.3 is 17.9 Å². The zero-order chi connectivity index (χ0) is 36.3. The van der Waals surface area contributed by atoms with E-state index in [0.29, 0.717) is 112 Å². The normalized spacial score (nSPS) is 16.2. The Labute approximate surface area is 291 Å². The molecule has 1 heterocycles. The third kappa shape index (κ3) is 25.0. The van der Waals surface area contributed by atoms with Crippen LogP contribution in [0.5, 0.6) is 0 Å². The molecule has 1 rings (SSSR count). The summed E-state index contributed by atoms with van der Waals surface area (Å²) >= 11 is 0. The fourth-order valence-corrected chi connectivity index (χ4v) is 5.12. The van der Waals surface area contributed by atoms with Gasteiger partial charge in [-0.1, -0.05) is 32.4 Å². The molecule has 0 spiro atoms. The molecule has 49 heavy (non-hydrogen) atoms. The van der Waals surface area contributed by atoms with Crippen molar-refractivity contribution in [3.05, 3.63) is 12.2 Å². The number of unbranched alkanes of at least 4 members (excludes halogenated alkanes) is 1. The third-order valence-electron chi connectivity index (χ3n) is 8.01. The molecule has 1 aliphatic heterocycles. The number of nitrogens with zero attached hydrogens (tertiary/aromatic N) is 5. The van der Waals surface area contributed by atoms with Gasteiger partial charge in [0.2, 0.25) is 5.91 Å². The number of ether oxygens (including phenoxy) is 3. The van der Waals surface area contributed by atoms with Gasteiger partial charge in [0.15, 0.2) is 0 Å². The van der Waals surface area contributed by atoms with Gasteiger partial charge in [0, 0.05) is 72.0 Å². The van der Waals surface area contributed by atoms with Gasteiger partial charge in [-0.3, -0.25) is 43.7 Å². The lowest BCUT2D eigenvalue weighted by molar-refractivity contribution is -0.140. The SMILES string of the molecule is C=C(CC)CN1CCN(CC(=O)O)CCN(CC(=O)O)CCN(CC(=O)NCCOCCOCCOCCN(CCCC)CC(=O)O)CC1. The summed E-state index contributed by atoms with van der Waals surface area (Å²) in [4.78, 5) is 56.5. The van der Waals surface area contributed by atoms with Crippen molar-refractivity contribution < 1.29 is 48.7 Å². The number of amides is 1. The van der Waals surface area contributed by atoms with E-state index in [-0.39, 0.29) is 32.1 Å². The minimum Gasteiger partial charge on any atom is -0.480 e. The molecule has 1 saturated heterocycles. The van der Waals surface area contributed by atoms with Crippen molar-refractivity contribution in [2.75, 3.05) is 144 Å². The Bertz CT molecular complexity index is 959. The second-order valence-corrected chi connectivity index (χ2v) is 12.2. The van der Waals surface area contributed by atoms with E-state index in [1.165, 1.54) is 0 Å². The first-order chi connectivity index (χ1) is 23.5. The zero-order valence-corrected chi connectivity index (χ0v) is 29.8. The maximum Gasteiger partial charge on any atom is 0.317 e. The van der Waals surface area contributed by atoms with Gasteiger partial charge in [-0.2, -0.15) is 0 Å². The van der Waals surface area contributed by atoms with Crippen LogP contribution in [-0.2, 0) is 33.4 Å². The molecule has 0 unspecified atom stereocenters. The average molecular weight is 703 g/mol. The summed E-state index contributed by atoms with van der Waals surface area (Å²) in [6, 6.07) is 0. The van der Waals surface area contributed by atoms with Crippen molar-refractivity contribution in [1.82, 2.24) is 29.8 Å². The zero-order valence-electron chi connectivity index (χ0n) is 29.8. The van der Waals surface area contributed by atoms with E-state index in [4.69, 9.17) is 19.3 Å². The molecule has 4 N–H and O–H groups in total. The van der Waals surface area contributed by atoms with Crippen molar-refractivity contribution in [2.45, 2.75) is 33.1 Å². The Morgan fingerprint density at radius 2 is 1.08 bits per heavy atom. The van der Waals surface area contributed by atoms with E-state index >= 15 is 0 Å². The maximum atomic E-state index is 12.8. The van der Waals surface area contributed by atoms with E-state index < -0.39 is 17.9 Å². The lowest BCUT2D eigenvalue weighted by Crippen LogP contribution is -2.49. The highest BCUT2D eigenvalue weighted by Crippen LogP contribution is 2.05. The van der Waals surface area contributed by atoms with Crippen LogP contribution in [0.1, 0.15) is 33.1 Å². The van der Waals surface area contributed by atoms with Crippen LogP contribution in [-0.4, -0.2) is 208 Å². The van der Waals surface area contributed by atoms with Gasteiger partial charge in [-0.25, -0.2) is 0 Å². The molecule has 0 saturated carbocycles. The molecule has 0 radical (unpaired) electrons. The van der Waals surface area contributed by atoms with Crippen LogP contribution in [0.15, 0.2) is 12.2 Å². The van der Waals surface area contributed by atoms with E-state index in [1.807, 2.05) is 21.6 Å². The molecule has 1 amide bonds. The average Bonchev–Trinajstić information content (AvgIpc) is 3.04. The standard InChI is InChI=1S/C33H62N6O10/c1-4-6-8-35(26-31(41)42)17-19-48-21-23-49-22-20-47-18-7-34-30(40)25-37-11-9-36(24-29(3)5-2)10-13-38(27-32(43)44)15-16-39(14-12-37)28-33(45)46/h3-28H2,1-2H3,(H,34,40)(H,41,42)(H,43,44)(H,45,46). The fourth-order valence-electron chi connectivity index (χ4n) is 5.12. The van der Waals surface area contributed by atoms with E-state index in [0.717, 1.165) is 31.4 Å². The lowest BCUT2D eigenvalue weighted by atomic mass is 10.2. The summed E-state index contributed by atoms with van der Waals surface area (Å²) in [6.07, 6.45) is 2.79. The number of aliphatic carboxylic acids is 3. The highest BCUT2D eigenvalue weighted by molar-refractivity contribution is 5.78. The molecular weight excluding hydrogens is 640 g/mol. The number of carboxylic acid groups (broad SMARTS) is 3. The number of carbonyl (C=O) groups excluding carboxylic acids is 1. The van der Waals surface area contributed by atoms with Gasteiger partial charge in [0.1, 0.15) is 0 Å². The number of hydrogen-bond acceptors (Lipinski definition) is 12. The Kier molecular flexibility index (Phi) is 25.4. The first-order valence-corrected chi connectivity index (χ1v) is 17.5. The first-order valence-electron chi connectivity index (χ1n) is 17.5. The van der Waals surface area contributed by atoms with Crippen molar-refractivity contribution in [2.24, 2.45) is 0 Å². The van der Waals surface area contributed by atoms with Gasteiger partial charge in [0.25, 0.3) is 0 Å². The fraction of sp³-hybridized carbons (Fsp3) is 0.818. The summed E-state index contributed by atoms with van der Waals surface area (Å²) in [6.45, 7) is 16.9. The minimum absolute atomic E-state index is 0.00970. The Balaban J connectivity index is 2.43.